The molecule has 1 unspecified atom stereocenters. The Balaban J connectivity index is 1.85. The number of para-hydroxylation sites is 1. The van der Waals surface area contributed by atoms with Crippen molar-refractivity contribution in [2.75, 3.05) is 6.54 Å². The van der Waals surface area contributed by atoms with E-state index < -0.39 is 0 Å². The summed E-state index contributed by atoms with van der Waals surface area (Å²) in [7, 11) is 0. The number of benzene rings is 1. The summed E-state index contributed by atoms with van der Waals surface area (Å²) in [6, 6.07) is 7.47. The third-order valence-electron chi connectivity index (χ3n) is 2.68. The maximum Gasteiger partial charge on any atom is 0.137 e. The van der Waals surface area contributed by atoms with Gasteiger partial charge in [-0.3, -0.25) is 5.10 Å². The molecule has 0 aliphatic carbocycles. The van der Waals surface area contributed by atoms with Gasteiger partial charge in [0.2, 0.25) is 0 Å². The zero-order valence-electron chi connectivity index (χ0n) is 9.72. The molecule has 0 aliphatic heterocycles. The number of phenols is 1. The molecule has 1 aromatic heterocycles. The van der Waals surface area contributed by atoms with Gasteiger partial charge in [0.15, 0.2) is 0 Å². The summed E-state index contributed by atoms with van der Waals surface area (Å²) in [5.74, 6) is 1.19. The largest absolute Gasteiger partial charge is 0.508 e. The Labute approximate surface area is 99.9 Å². The Bertz CT molecular complexity index is 455. The van der Waals surface area contributed by atoms with Crippen molar-refractivity contribution in [3.63, 3.8) is 0 Å². The van der Waals surface area contributed by atoms with Crippen LogP contribution in [0.1, 0.15) is 24.4 Å². The number of phenolic OH excluding ortho intramolecular Hbond substituents is 1. The van der Waals surface area contributed by atoms with E-state index in [-0.39, 0.29) is 6.04 Å². The van der Waals surface area contributed by atoms with Gasteiger partial charge < -0.3 is 10.4 Å². The Hall–Kier alpha value is -1.88. The third kappa shape index (κ3) is 3.04. The first kappa shape index (κ1) is 11.6. The van der Waals surface area contributed by atoms with Gasteiger partial charge in [-0.2, -0.15) is 5.10 Å². The molecule has 0 amide bonds. The number of hydrogen-bond acceptors (Lipinski definition) is 4. The van der Waals surface area contributed by atoms with E-state index in [9.17, 15) is 5.11 Å². The first-order valence-corrected chi connectivity index (χ1v) is 5.63. The number of H-pyrrole nitrogens is 1. The Morgan fingerprint density at radius 3 is 2.94 bits per heavy atom. The predicted molar refractivity (Wildman–Crippen MR) is 64.6 cm³/mol. The fourth-order valence-electron chi connectivity index (χ4n) is 1.72. The van der Waals surface area contributed by atoms with Crippen LogP contribution in [0.4, 0.5) is 0 Å². The molecule has 5 heteroatoms. The normalized spacial score (nSPS) is 12.5. The molecule has 0 fully saturated rings. The molecule has 0 spiro atoms. The number of aromatic hydroxyl groups is 1. The fourth-order valence-corrected chi connectivity index (χ4v) is 1.72. The minimum absolute atomic E-state index is 0.110. The van der Waals surface area contributed by atoms with Crippen LogP contribution in [-0.4, -0.2) is 26.8 Å². The summed E-state index contributed by atoms with van der Waals surface area (Å²) in [6.45, 7) is 2.81. The van der Waals surface area contributed by atoms with E-state index in [0.717, 1.165) is 24.4 Å². The van der Waals surface area contributed by atoms with Crippen molar-refractivity contribution in [2.45, 2.75) is 19.4 Å². The van der Waals surface area contributed by atoms with Gasteiger partial charge in [-0.15, -0.1) is 0 Å². The molecule has 2 aromatic rings. The summed E-state index contributed by atoms with van der Waals surface area (Å²) in [5, 5.41) is 19.6. The van der Waals surface area contributed by atoms with E-state index in [1.54, 1.807) is 6.07 Å². The van der Waals surface area contributed by atoms with E-state index >= 15 is 0 Å². The SMILES string of the molecule is CC(NCCc1ncn[nH]1)c1ccccc1O. The number of nitrogens with one attached hydrogen (secondary N) is 2. The summed E-state index contributed by atoms with van der Waals surface area (Å²) in [4.78, 5) is 4.05. The lowest BCUT2D eigenvalue weighted by Gasteiger charge is -2.14. The predicted octanol–water partition coefficient (Wildman–Crippen LogP) is 1.40. The highest BCUT2D eigenvalue weighted by molar-refractivity contribution is 5.34. The van der Waals surface area contributed by atoms with Crippen LogP contribution < -0.4 is 5.32 Å². The van der Waals surface area contributed by atoms with Crippen LogP contribution >= 0.6 is 0 Å². The van der Waals surface area contributed by atoms with Crippen molar-refractivity contribution in [3.05, 3.63) is 42.0 Å². The number of rotatable bonds is 5. The lowest BCUT2D eigenvalue weighted by Crippen LogP contribution is -2.21. The van der Waals surface area contributed by atoms with Crippen LogP contribution in [0.15, 0.2) is 30.6 Å². The molecule has 90 valence electrons. The van der Waals surface area contributed by atoms with Gasteiger partial charge in [-0.1, -0.05) is 18.2 Å². The zero-order valence-corrected chi connectivity index (χ0v) is 9.72. The first-order valence-electron chi connectivity index (χ1n) is 5.63. The monoisotopic (exact) mass is 232 g/mol. The van der Waals surface area contributed by atoms with E-state index in [1.165, 1.54) is 6.33 Å². The minimum atomic E-state index is 0.110. The molecule has 0 bridgehead atoms. The summed E-state index contributed by atoms with van der Waals surface area (Å²) in [6.07, 6.45) is 2.29. The molecule has 1 aromatic carbocycles. The standard InChI is InChI=1S/C12H16N4O/c1-9(10-4-2-3-5-11(10)17)13-7-6-12-14-8-15-16-12/h2-5,8-9,13,17H,6-7H2,1H3,(H,14,15,16). The molecular weight excluding hydrogens is 216 g/mol. The van der Waals surface area contributed by atoms with Crippen molar-refractivity contribution in [1.29, 1.82) is 0 Å². The van der Waals surface area contributed by atoms with E-state index in [4.69, 9.17) is 0 Å². The van der Waals surface area contributed by atoms with Gasteiger partial charge in [0.25, 0.3) is 0 Å². The van der Waals surface area contributed by atoms with Crippen molar-refractivity contribution in [3.8, 4) is 5.75 Å². The maximum absolute atomic E-state index is 9.70. The van der Waals surface area contributed by atoms with Crippen LogP contribution in [0, 0.1) is 0 Å². The van der Waals surface area contributed by atoms with Crippen LogP contribution in [0.2, 0.25) is 0 Å². The van der Waals surface area contributed by atoms with Gasteiger partial charge in [-0.25, -0.2) is 4.98 Å². The molecule has 0 saturated heterocycles. The van der Waals surface area contributed by atoms with Crippen molar-refractivity contribution in [1.82, 2.24) is 20.5 Å². The van der Waals surface area contributed by atoms with Gasteiger partial charge in [0.1, 0.15) is 17.9 Å². The van der Waals surface area contributed by atoms with Crippen LogP contribution in [0.3, 0.4) is 0 Å². The van der Waals surface area contributed by atoms with Crippen molar-refractivity contribution >= 4 is 0 Å². The highest BCUT2D eigenvalue weighted by Gasteiger charge is 2.08. The lowest BCUT2D eigenvalue weighted by molar-refractivity contribution is 0.453. The smallest absolute Gasteiger partial charge is 0.137 e. The molecule has 0 aliphatic rings. The molecule has 2 rings (SSSR count). The summed E-state index contributed by atoms with van der Waals surface area (Å²) >= 11 is 0. The molecular formula is C12H16N4O. The number of hydrogen-bond donors (Lipinski definition) is 3. The molecule has 1 atom stereocenters. The Morgan fingerprint density at radius 2 is 2.24 bits per heavy atom. The zero-order chi connectivity index (χ0) is 12.1. The molecule has 5 nitrogen and oxygen atoms in total. The Kier molecular flexibility index (Phi) is 3.72. The second-order valence-electron chi connectivity index (χ2n) is 3.92. The highest BCUT2D eigenvalue weighted by Crippen LogP contribution is 2.22. The second-order valence-corrected chi connectivity index (χ2v) is 3.92. The van der Waals surface area contributed by atoms with Gasteiger partial charge in [-0.05, 0) is 13.0 Å². The van der Waals surface area contributed by atoms with Crippen molar-refractivity contribution < 1.29 is 5.11 Å². The number of aromatic nitrogens is 3. The molecule has 0 radical (unpaired) electrons. The minimum Gasteiger partial charge on any atom is -0.508 e. The van der Waals surface area contributed by atoms with Gasteiger partial charge >= 0.3 is 0 Å². The van der Waals surface area contributed by atoms with Crippen LogP contribution in [0.25, 0.3) is 0 Å². The molecule has 1 heterocycles. The average Bonchev–Trinajstić information content (AvgIpc) is 2.82. The fraction of sp³-hybridized carbons (Fsp3) is 0.333. The lowest BCUT2D eigenvalue weighted by atomic mass is 10.1. The van der Waals surface area contributed by atoms with Gasteiger partial charge in [0.05, 0.1) is 0 Å². The topological polar surface area (TPSA) is 73.8 Å². The molecule has 3 N–H and O–H groups in total. The number of nitrogens with zero attached hydrogens (tertiary/aromatic N) is 2. The molecule has 17 heavy (non-hydrogen) atoms. The van der Waals surface area contributed by atoms with Crippen LogP contribution in [-0.2, 0) is 6.42 Å². The summed E-state index contributed by atoms with van der Waals surface area (Å²) in [5.41, 5.74) is 0.907. The van der Waals surface area contributed by atoms with Crippen molar-refractivity contribution in [2.24, 2.45) is 0 Å². The third-order valence-corrected chi connectivity index (χ3v) is 2.68. The number of aromatic amines is 1. The quantitative estimate of drug-likeness (QED) is 0.728. The Morgan fingerprint density at radius 1 is 1.41 bits per heavy atom. The van der Waals surface area contributed by atoms with Gasteiger partial charge in [0, 0.05) is 24.6 Å². The van der Waals surface area contributed by atoms with Crippen LogP contribution in [0.5, 0.6) is 5.75 Å². The maximum atomic E-state index is 9.70. The van der Waals surface area contributed by atoms with E-state index in [0.29, 0.717) is 5.75 Å². The molecule has 0 saturated carbocycles. The van der Waals surface area contributed by atoms with E-state index in [1.807, 2.05) is 25.1 Å². The highest BCUT2D eigenvalue weighted by atomic mass is 16.3. The van der Waals surface area contributed by atoms with E-state index in [2.05, 4.69) is 20.5 Å². The second kappa shape index (κ2) is 5.45. The summed E-state index contributed by atoms with van der Waals surface area (Å²) < 4.78 is 0. The average molecular weight is 232 g/mol. The first-order chi connectivity index (χ1) is 8.27.